The molecule has 3 aromatic rings. The van der Waals surface area contributed by atoms with Gasteiger partial charge in [0, 0.05) is 28.2 Å². The smallest absolute Gasteiger partial charge is 0.333 e. The van der Waals surface area contributed by atoms with Crippen molar-refractivity contribution in [3.05, 3.63) is 113 Å². The molecule has 1 aliphatic carbocycles. The van der Waals surface area contributed by atoms with Crippen molar-refractivity contribution in [2.24, 2.45) is 11.3 Å². The van der Waals surface area contributed by atoms with Crippen LogP contribution in [0.3, 0.4) is 0 Å². The van der Waals surface area contributed by atoms with Gasteiger partial charge >= 0.3 is 17.9 Å². The van der Waals surface area contributed by atoms with Gasteiger partial charge in [-0.15, -0.1) is 0 Å². The Balaban J connectivity index is 1.69. The first-order chi connectivity index (χ1) is 30.2. The van der Waals surface area contributed by atoms with Crippen molar-refractivity contribution in [2.75, 3.05) is 37.9 Å². The molecule has 0 spiro atoms. The van der Waals surface area contributed by atoms with Crippen LogP contribution in [-0.2, 0) is 47.9 Å². The van der Waals surface area contributed by atoms with E-state index in [-0.39, 0.29) is 26.4 Å². The Morgan fingerprint density at radius 3 is 1.67 bits per heavy atom. The zero-order valence-corrected chi connectivity index (χ0v) is 40.4. The molecule has 4 rings (SSSR count). The third-order valence-electron chi connectivity index (χ3n) is 12.2. The molecule has 0 bridgehead atoms. The quantitative estimate of drug-likeness (QED) is 0.0273. The zero-order valence-electron chi connectivity index (χ0n) is 38.7. The molecule has 1 saturated carbocycles. The van der Waals surface area contributed by atoms with Gasteiger partial charge in [-0.25, -0.2) is 14.4 Å². The number of unbranched alkanes of at least 4 members (excludes halogenated alkanes) is 2. The highest BCUT2D eigenvalue weighted by molar-refractivity contribution is 7.81. The summed E-state index contributed by atoms with van der Waals surface area (Å²) in [7, 11) is 0. The standard InChI is InChI=1S/C54H72O7S2/c1-9-11-12-15-40-18-20-42(21-19-40)43-22-24-44(25-23-43)45-26-27-49(41(10-2)30-45)48-31-46(16-13-28-58-51(55)37(3)4)50(47(32-48)17-14-29-59-52(56)38(5)6)60-33-54(35-62,36-63)34-61-53(57)39(7)8/h22-27,30-32,40,42,62-63H,3,5,7,9-21,28-29,33-36H2,1-2,4,6,8H3. The van der Waals surface area contributed by atoms with E-state index in [1.165, 1.54) is 73.6 Å². The van der Waals surface area contributed by atoms with Crippen LogP contribution in [0.15, 0.2) is 91.1 Å². The molecule has 0 amide bonds. The molecule has 7 nitrogen and oxygen atoms in total. The van der Waals surface area contributed by atoms with Crippen LogP contribution in [0.2, 0.25) is 0 Å². The molecule has 0 atom stereocenters. The molecule has 1 fully saturated rings. The van der Waals surface area contributed by atoms with Gasteiger partial charge in [0.2, 0.25) is 0 Å². The molecular formula is C54H72O7S2. The van der Waals surface area contributed by atoms with E-state index in [4.69, 9.17) is 18.9 Å². The van der Waals surface area contributed by atoms with Gasteiger partial charge in [-0.05, 0) is 147 Å². The minimum Gasteiger partial charge on any atom is -0.492 e. The van der Waals surface area contributed by atoms with Gasteiger partial charge in [0.15, 0.2) is 0 Å². The van der Waals surface area contributed by atoms with E-state index in [0.717, 1.165) is 34.6 Å². The monoisotopic (exact) mass is 896 g/mol. The van der Waals surface area contributed by atoms with E-state index in [2.05, 4.69) is 113 Å². The molecule has 0 aliphatic heterocycles. The molecule has 0 unspecified atom stereocenters. The fraction of sp³-hybridized carbons (Fsp3) is 0.500. The highest BCUT2D eigenvalue weighted by Gasteiger charge is 2.32. The van der Waals surface area contributed by atoms with Crippen molar-refractivity contribution in [1.82, 2.24) is 0 Å². The molecule has 0 saturated heterocycles. The predicted molar refractivity (Wildman–Crippen MR) is 265 cm³/mol. The SMILES string of the molecule is C=C(C)C(=O)OCCCc1cc(-c2ccc(-c3ccc(C4CCC(CCCCC)CC4)cc3)cc2CC)cc(CCCOC(=O)C(=C)C)c1OCC(CS)(CS)COC(=O)C(=C)C. The Bertz CT molecular complexity index is 1970. The first kappa shape index (κ1) is 51.4. The average molecular weight is 897 g/mol. The second kappa shape index (κ2) is 25.9. The Hall–Kier alpha value is -4.21. The lowest BCUT2D eigenvalue weighted by Crippen LogP contribution is -2.38. The van der Waals surface area contributed by atoms with Gasteiger partial charge in [0.25, 0.3) is 0 Å². The highest BCUT2D eigenvalue weighted by Crippen LogP contribution is 2.40. The van der Waals surface area contributed by atoms with Crippen molar-refractivity contribution in [2.45, 2.75) is 124 Å². The van der Waals surface area contributed by atoms with Crippen molar-refractivity contribution in [1.29, 1.82) is 0 Å². The van der Waals surface area contributed by atoms with Gasteiger partial charge in [-0.3, -0.25) is 0 Å². The van der Waals surface area contributed by atoms with Crippen LogP contribution in [0.25, 0.3) is 22.3 Å². The highest BCUT2D eigenvalue weighted by atomic mass is 32.1. The molecule has 1 aliphatic rings. The summed E-state index contributed by atoms with van der Waals surface area (Å²) in [4.78, 5) is 37.0. The van der Waals surface area contributed by atoms with E-state index in [0.29, 0.717) is 65.6 Å². The largest absolute Gasteiger partial charge is 0.492 e. The first-order valence-electron chi connectivity index (χ1n) is 23.0. The molecule has 342 valence electrons. The van der Waals surface area contributed by atoms with Crippen molar-refractivity contribution in [3.63, 3.8) is 0 Å². The number of aryl methyl sites for hydroxylation is 3. The van der Waals surface area contributed by atoms with Crippen LogP contribution in [0, 0.1) is 11.3 Å². The number of carbonyl (C=O) groups is 3. The van der Waals surface area contributed by atoms with E-state index in [9.17, 15) is 14.4 Å². The summed E-state index contributed by atoms with van der Waals surface area (Å²) in [5, 5.41) is 0. The number of ether oxygens (including phenoxy) is 4. The van der Waals surface area contributed by atoms with Crippen LogP contribution in [0.4, 0.5) is 0 Å². The molecule has 3 aromatic carbocycles. The predicted octanol–water partition coefficient (Wildman–Crippen LogP) is 12.9. The van der Waals surface area contributed by atoms with E-state index in [1.54, 1.807) is 20.8 Å². The van der Waals surface area contributed by atoms with Crippen molar-refractivity contribution >= 4 is 43.2 Å². The second-order valence-corrected chi connectivity index (χ2v) is 18.3. The summed E-state index contributed by atoms with van der Waals surface area (Å²) in [6.45, 7) is 21.1. The van der Waals surface area contributed by atoms with E-state index < -0.39 is 23.3 Å². The van der Waals surface area contributed by atoms with E-state index >= 15 is 0 Å². The summed E-state index contributed by atoms with van der Waals surface area (Å²) in [5.74, 6) is 1.60. The Morgan fingerprint density at radius 1 is 0.635 bits per heavy atom. The summed E-state index contributed by atoms with van der Waals surface area (Å²) in [5.41, 5.74) is 9.41. The maximum Gasteiger partial charge on any atom is 0.333 e. The number of hydrogen-bond donors (Lipinski definition) is 2. The van der Waals surface area contributed by atoms with Crippen LogP contribution < -0.4 is 4.74 Å². The number of carbonyl (C=O) groups excluding carboxylic acids is 3. The lowest BCUT2D eigenvalue weighted by molar-refractivity contribution is -0.142. The van der Waals surface area contributed by atoms with Gasteiger partial charge in [0.1, 0.15) is 12.4 Å². The summed E-state index contributed by atoms with van der Waals surface area (Å²) >= 11 is 9.31. The van der Waals surface area contributed by atoms with Gasteiger partial charge < -0.3 is 18.9 Å². The van der Waals surface area contributed by atoms with Crippen LogP contribution >= 0.6 is 25.3 Å². The lowest BCUT2D eigenvalue weighted by Gasteiger charge is -2.31. The van der Waals surface area contributed by atoms with Gasteiger partial charge in [-0.1, -0.05) is 102 Å². The number of benzene rings is 3. The van der Waals surface area contributed by atoms with E-state index in [1.807, 2.05) is 0 Å². The lowest BCUT2D eigenvalue weighted by atomic mass is 9.77. The number of thiol groups is 2. The van der Waals surface area contributed by atoms with Crippen LogP contribution in [0.5, 0.6) is 5.75 Å². The zero-order chi connectivity index (χ0) is 45.9. The Morgan fingerprint density at radius 2 is 1.16 bits per heavy atom. The Labute approximate surface area is 389 Å². The van der Waals surface area contributed by atoms with Gasteiger partial charge in [-0.2, -0.15) is 25.3 Å². The molecule has 9 heteroatoms. The van der Waals surface area contributed by atoms with Crippen molar-refractivity contribution < 1.29 is 33.3 Å². The number of rotatable bonds is 26. The first-order valence-corrected chi connectivity index (χ1v) is 24.2. The number of esters is 3. The summed E-state index contributed by atoms with van der Waals surface area (Å²) in [6, 6.07) is 20.3. The molecular weight excluding hydrogens is 825 g/mol. The maximum atomic E-state index is 12.4. The molecule has 0 heterocycles. The maximum absolute atomic E-state index is 12.4. The number of hydrogen-bond acceptors (Lipinski definition) is 9. The Kier molecular flexibility index (Phi) is 21.2. The van der Waals surface area contributed by atoms with Crippen LogP contribution in [-0.4, -0.2) is 55.8 Å². The fourth-order valence-electron chi connectivity index (χ4n) is 8.17. The minimum atomic E-state index is -0.699. The topological polar surface area (TPSA) is 88.1 Å². The van der Waals surface area contributed by atoms with Crippen LogP contribution in [0.1, 0.15) is 127 Å². The third-order valence-corrected chi connectivity index (χ3v) is 13.6. The van der Waals surface area contributed by atoms with Gasteiger partial charge in [0.05, 0.1) is 25.2 Å². The summed E-state index contributed by atoms with van der Waals surface area (Å²) < 4.78 is 23.4. The third kappa shape index (κ3) is 15.5. The summed E-state index contributed by atoms with van der Waals surface area (Å²) in [6.07, 6.45) is 13.7. The molecule has 63 heavy (non-hydrogen) atoms. The normalized spacial score (nSPS) is 15.0. The molecule has 0 radical (unpaired) electrons. The molecule has 0 N–H and O–H groups in total. The average Bonchev–Trinajstić information content (AvgIpc) is 3.29. The minimum absolute atomic E-state index is 0.0529. The van der Waals surface area contributed by atoms with Crippen molar-refractivity contribution in [3.8, 4) is 28.0 Å². The second-order valence-electron chi connectivity index (χ2n) is 17.7. The molecule has 0 aromatic heterocycles. The fourth-order valence-corrected chi connectivity index (χ4v) is 8.94.